The maximum absolute atomic E-state index is 11.6. The van der Waals surface area contributed by atoms with Crippen molar-refractivity contribution in [3.63, 3.8) is 0 Å². The van der Waals surface area contributed by atoms with Gasteiger partial charge in [-0.25, -0.2) is 0 Å². The Bertz CT molecular complexity index is 456. The fourth-order valence-electron chi connectivity index (χ4n) is 3.14. The van der Waals surface area contributed by atoms with E-state index in [0.717, 1.165) is 18.5 Å². The molecule has 0 spiro atoms. The third-order valence-corrected chi connectivity index (χ3v) is 4.02. The van der Waals surface area contributed by atoms with Gasteiger partial charge in [0.05, 0.1) is 0 Å². The molecule has 0 bridgehead atoms. The normalized spacial score (nSPS) is 23.0. The highest BCUT2D eigenvalue weighted by Crippen LogP contribution is 2.37. The molecule has 1 saturated heterocycles. The van der Waals surface area contributed by atoms with Crippen LogP contribution in [0.15, 0.2) is 18.2 Å². The maximum Gasteiger partial charge on any atom is 0.251 e. The average molecular weight is 230 g/mol. The lowest BCUT2D eigenvalue weighted by atomic mass is 9.91. The summed E-state index contributed by atoms with van der Waals surface area (Å²) in [6, 6.07) is 6.79. The van der Waals surface area contributed by atoms with Crippen molar-refractivity contribution in [3.05, 3.63) is 34.9 Å². The van der Waals surface area contributed by atoms with Crippen LogP contribution in [-0.2, 0) is 6.42 Å². The number of nitrogens with one attached hydrogen (secondary N) is 1. The molecule has 2 aliphatic heterocycles. The molecule has 1 unspecified atom stereocenters. The van der Waals surface area contributed by atoms with E-state index in [-0.39, 0.29) is 5.91 Å². The minimum absolute atomic E-state index is 0.0154. The van der Waals surface area contributed by atoms with Gasteiger partial charge < -0.3 is 5.32 Å². The molecule has 3 rings (SSSR count). The molecule has 1 fully saturated rings. The Kier molecular flexibility index (Phi) is 2.63. The highest BCUT2D eigenvalue weighted by molar-refractivity contribution is 5.94. The third kappa shape index (κ3) is 1.75. The highest BCUT2D eigenvalue weighted by Gasteiger charge is 2.31. The number of rotatable bonds is 1. The number of amides is 1. The first-order chi connectivity index (χ1) is 8.29. The Morgan fingerprint density at radius 3 is 3.12 bits per heavy atom. The summed E-state index contributed by atoms with van der Waals surface area (Å²) in [4.78, 5) is 14.2. The lowest BCUT2D eigenvalue weighted by Gasteiger charge is -2.32. The van der Waals surface area contributed by atoms with Gasteiger partial charge in [0.1, 0.15) is 0 Å². The number of carbonyl (C=O) groups excluding carboxylic acids is 1. The predicted octanol–water partition coefficient (Wildman–Crippen LogP) is 1.74. The number of carbonyl (C=O) groups is 1. The van der Waals surface area contributed by atoms with Crippen molar-refractivity contribution in [3.8, 4) is 0 Å². The van der Waals surface area contributed by atoms with Gasteiger partial charge in [0.15, 0.2) is 0 Å². The van der Waals surface area contributed by atoms with Crippen LogP contribution in [0.2, 0.25) is 0 Å². The third-order valence-electron chi connectivity index (χ3n) is 4.02. The zero-order chi connectivity index (χ0) is 11.8. The van der Waals surface area contributed by atoms with Crippen molar-refractivity contribution in [1.82, 2.24) is 10.2 Å². The van der Waals surface area contributed by atoms with E-state index in [1.54, 1.807) is 7.05 Å². The molecule has 1 aromatic carbocycles. The molecule has 3 heteroatoms. The van der Waals surface area contributed by atoms with Crippen LogP contribution in [0.4, 0.5) is 0 Å². The summed E-state index contributed by atoms with van der Waals surface area (Å²) in [6.07, 6.45) is 3.66. The maximum atomic E-state index is 11.6. The zero-order valence-corrected chi connectivity index (χ0v) is 10.2. The molecule has 3 nitrogen and oxygen atoms in total. The number of hydrogen-bond acceptors (Lipinski definition) is 2. The van der Waals surface area contributed by atoms with Crippen LogP contribution in [0.5, 0.6) is 0 Å². The van der Waals surface area contributed by atoms with E-state index in [2.05, 4.69) is 22.3 Å². The van der Waals surface area contributed by atoms with E-state index in [1.807, 2.05) is 6.07 Å². The fraction of sp³-hybridized carbons (Fsp3) is 0.500. The smallest absolute Gasteiger partial charge is 0.251 e. The molecule has 2 heterocycles. The molecule has 0 saturated carbocycles. The Labute approximate surface area is 102 Å². The molecule has 0 aromatic heterocycles. The van der Waals surface area contributed by atoms with Crippen molar-refractivity contribution >= 4 is 5.91 Å². The van der Waals surface area contributed by atoms with Gasteiger partial charge >= 0.3 is 0 Å². The van der Waals surface area contributed by atoms with Crippen LogP contribution in [-0.4, -0.2) is 30.9 Å². The van der Waals surface area contributed by atoms with E-state index in [1.165, 1.54) is 30.5 Å². The molecule has 1 aromatic rings. The Balaban J connectivity index is 1.97. The number of benzene rings is 1. The van der Waals surface area contributed by atoms with Gasteiger partial charge in [-0.1, -0.05) is 6.07 Å². The fourth-order valence-corrected chi connectivity index (χ4v) is 3.14. The average Bonchev–Trinajstić information content (AvgIpc) is 2.85. The molecule has 1 N–H and O–H groups in total. The van der Waals surface area contributed by atoms with Crippen LogP contribution in [0.1, 0.15) is 40.4 Å². The van der Waals surface area contributed by atoms with Gasteiger partial charge in [0, 0.05) is 25.2 Å². The summed E-state index contributed by atoms with van der Waals surface area (Å²) < 4.78 is 0. The summed E-state index contributed by atoms with van der Waals surface area (Å²) in [5.41, 5.74) is 3.60. The van der Waals surface area contributed by atoms with Crippen LogP contribution in [0.3, 0.4) is 0 Å². The Hall–Kier alpha value is -1.35. The van der Waals surface area contributed by atoms with Gasteiger partial charge in [-0.3, -0.25) is 9.69 Å². The lowest BCUT2D eigenvalue weighted by molar-refractivity contribution is 0.0963. The van der Waals surface area contributed by atoms with Crippen molar-refractivity contribution in [1.29, 1.82) is 0 Å². The molecule has 0 aliphatic carbocycles. The molecular weight excluding hydrogens is 212 g/mol. The largest absolute Gasteiger partial charge is 0.355 e. The molecule has 1 amide bonds. The summed E-state index contributed by atoms with van der Waals surface area (Å²) in [7, 11) is 1.68. The van der Waals surface area contributed by atoms with E-state index < -0.39 is 0 Å². The first-order valence-corrected chi connectivity index (χ1v) is 6.38. The van der Waals surface area contributed by atoms with Crippen LogP contribution < -0.4 is 5.32 Å². The summed E-state index contributed by atoms with van der Waals surface area (Å²) in [5, 5.41) is 2.69. The monoisotopic (exact) mass is 230 g/mol. The number of fused-ring (bicyclic) bond motifs is 3. The van der Waals surface area contributed by atoms with Crippen LogP contribution in [0.25, 0.3) is 0 Å². The minimum atomic E-state index is 0.0154. The first kappa shape index (κ1) is 10.8. The molecule has 90 valence electrons. The highest BCUT2D eigenvalue weighted by atomic mass is 16.1. The second kappa shape index (κ2) is 4.15. The van der Waals surface area contributed by atoms with E-state index >= 15 is 0 Å². The Morgan fingerprint density at radius 2 is 2.29 bits per heavy atom. The van der Waals surface area contributed by atoms with Crippen molar-refractivity contribution in [2.45, 2.75) is 25.3 Å². The second-order valence-electron chi connectivity index (χ2n) is 4.94. The first-order valence-electron chi connectivity index (χ1n) is 6.38. The van der Waals surface area contributed by atoms with Crippen molar-refractivity contribution in [2.24, 2.45) is 0 Å². The number of nitrogens with zero attached hydrogens (tertiary/aromatic N) is 1. The SMILES string of the molecule is CNC(=O)c1ccc2c(c1)CCN1CCCC21. The van der Waals surface area contributed by atoms with Gasteiger partial charge in [0.2, 0.25) is 0 Å². The van der Waals surface area contributed by atoms with Crippen molar-refractivity contribution < 1.29 is 4.79 Å². The molecule has 1 atom stereocenters. The van der Waals surface area contributed by atoms with Crippen molar-refractivity contribution in [2.75, 3.05) is 20.1 Å². The predicted molar refractivity (Wildman–Crippen MR) is 67.1 cm³/mol. The van der Waals surface area contributed by atoms with Crippen LogP contribution >= 0.6 is 0 Å². The molecule has 17 heavy (non-hydrogen) atoms. The van der Waals surface area contributed by atoms with Gasteiger partial charge in [-0.2, -0.15) is 0 Å². The molecule has 0 radical (unpaired) electrons. The summed E-state index contributed by atoms with van der Waals surface area (Å²) in [5.74, 6) is 0.0154. The number of hydrogen-bond donors (Lipinski definition) is 1. The zero-order valence-electron chi connectivity index (χ0n) is 10.2. The van der Waals surface area contributed by atoms with E-state index in [9.17, 15) is 4.79 Å². The van der Waals surface area contributed by atoms with E-state index in [4.69, 9.17) is 0 Å². The van der Waals surface area contributed by atoms with Gasteiger partial charge in [-0.15, -0.1) is 0 Å². The quantitative estimate of drug-likeness (QED) is 0.797. The molecule has 2 aliphatic rings. The standard InChI is InChI=1S/C14H18N2O/c1-15-14(17)11-4-5-12-10(9-11)6-8-16-7-2-3-13(12)16/h4-5,9,13H,2-3,6-8H2,1H3,(H,15,17). The summed E-state index contributed by atoms with van der Waals surface area (Å²) in [6.45, 7) is 2.39. The summed E-state index contributed by atoms with van der Waals surface area (Å²) >= 11 is 0. The lowest BCUT2D eigenvalue weighted by Crippen LogP contribution is -2.31. The Morgan fingerprint density at radius 1 is 1.41 bits per heavy atom. The molecular formula is C14H18N2O. The van der Waals surface area contributed by atoms with E-state index in [0.29, 0.717) is 6.04 Å². The van der Waals surface area contributed by atoms with Gasteiger partial charge in [0.25, 0.3) is 5.91 Å². The second-order valence-corrected chi connectivity index (χ2v) is 4.94. The topological polar surface area (TPSA) is 32.3 Å². The minimum Gasteiger partial charge on any atom is -0.355 e. The van der Waals surface area contributed by atoms with Crippen LogP contribution in [0, 0.1) is 0 Å². The van der Waals surface area contributed by atoms with Gasteiger partial charge in [-0.05, 0) is 49.1 Å².